The number of aryl methyl sites for hydroxylation is 1. The lowest BCUT2D eigenvalue weighted by Crippen LogP contribution is -2.11. The first-order chi connectivity index (χ1) is 17.0. The molecule has 3 heterocycles. The summed E-state index contributed by atoms with van der Waals surface area (Å²) >= 11 is 0. The number of ether oxygens (including phenoxy) is 2. The summed E-state index contributed by atoms with van der Waals surface area (Å²) in [6.45, 7) is 2.56. The number of fused-ring (bicyclic) bond motifs is 1. The number of nitrogens with zero attached hydrogens (tertiary/aromatic N) is 2. The first-order valence-corrected chi connectivity index (χ1v) is 11.0. The highest BCUT2D eigenvalue weighted by Crippen LogP contribution is 2.39. The standard InChI is InChI=1S/C25H26N4O6/c1-15-12-17(26-8-9-30)5-6-19(15)29-24-21(25(32)34-11-10-33-2)22(31)20(35-24)13-16-14-28-23-18(16)4-3-7-27-23/h3-7,12-14,26,29-31H,8-11H2,1-2H3. The van der Waals surface area contributed by atoms with E-state index in [2.05, 4.69) is 20.6 Å². The molecule has 4 rings (SSSR count). The quantitative estimate of drug-likeness (QED) is 0.252. The van der Waals surface area contributed by atoms with Crippen LogP contribution < -0.4 is 10.6 Å². The number of nitrogens with one attached hydrogen (secondary N) is 2. The molecule has 0 amide bonds. The van der Waals surface area contributed by atoms with Crippen molar-refractivity contribution < 1.29 is 28.9 Å². The molecular formula is C25H26N4O6. The molecule has 35 heavy (non-hydrogen) atoms. The number of hydrogen-bond donors (Lipinski definition) is 4. The molecule has 10 nitrogen and oxygen atoms in total. The molecule has 1 aliphatic heterocycles. The maximum atomic E-state index is 12.8. The number of aromatic nitrogens is 1. The lowest BCUT2D eigenvalue weighted by molar-refractivity contribution is 0.0386. The van der Waals surface area contributed by atoms with Crippen LogP contribution in [-0.4, -0.2) is 60.9 Å². The Morgan fingerprint density at radius 2 is 2.11 bits per heavy atom. The summed E-state index contributed by atoms with van der Waals surface area (Å²) in [5, 5.41) is 26.1. The average molecular weight is 479 g/mol. The second-order valence-corrected chi connectivity index (χ2v) is 7.69. The summed E-state index contributed by atoms with van der Waals surface area (Å²) in [4.78, 5) is 21.3. The highest BCUT2D eigenvalue weighted by Gasteiger charge is 2.28. The fourth-order valence-electron chi connectivity index (χ4n) is 3.52. The highest BCUT2D eigenvalue weighted by molar-refractivity contribution is 6.21. The molecule has 0 unspecified atom stereocenters. The largest absolute Gasteiger partial charge is 0.504 e. The maximum absolute atomic E-state index is 12.8. The molecule has 3 aromatic rings. The van der Waals surface area contributed by atoms with E-state index in [1.807, 2.05) is 25.1 Å². The minimum atomic E-state index is -0.753. The second kappa shape index (κ2) is 10.9. The number of pyridine rings is 1. The normalized spacial score (nSPS) is 13.2. The number of aromatic hydroxyl groups is 1. The molecule has 0 atom stereocenters. The van der Waals surface area contributed by atoms with Gasteiger partial charge in [-0.1, -0.05) is 0 Å². The summed E-state index contributed by atoms with van der Waals surface area (Å²) in [5.74, 6) is -0.433. The number of furan rings is 1. The van der Waals surface area contributed by atoms with E-state index in [1.54, 1.807) is 30.6 Å². The Bertz CT molecular complexity index is 1280. The van der Waals surface area contributed by atoms with Gasteiger partial charge in [0.15, 0.2) is 22.9 Å². The van der Waals surface area contributed by atoms with Crippen molar-refractivity contribution in [1.82, 2.24) is 4.98 Å². The lowest BCUT2D eigenvalue weighted by atomic mass is 10.1. The number of allylic oxidation sites excluding steroid dienone is 1. The van der Waals surface area contributed by atoms with E-state index >= 15 is 0 Å². The number of esters is 1. The molecule has 4 N–H and O–H groups in total. The Balaban J connectivity index is 1.69. The van der Waals surface area contributed by atoms with Crippen molar-refractivity contribution in [2.75, 3.05) is 44.1 Å². The number of rotatable bonds is 10. The van der Waals surface area contributed by atoms with Gasteiger partial charge in [-0.3, -0.25) is 0 Å². The number of aliphatic hydroxyl groups is 1. The third-order valence-electron chi connectivity index (χ3n) is 5.26. The van der Waals surface area contributed by atoms with Crippen LogP contribution in [0.1, 0.15) is 27.2 Å². The summed E-state index contributed by atoms with van der Waals surface area (Å²) in [6.07, 6.45) is 4.86. The van der Waals surface area contributed by atoms with Gasteiger partial charge in [-0.15, -0.1) is 0 Å². The van der Waals surface area contributed by atoms with Crippen LogP contribution in [0.15, 0.2) is 45.9 Å². The molecular weight excluding hydrogens is 452 g/mol. The molecule has 0 radical (unpaired) electrons. The average Bonchev–Trinajstić information content (AvgIpc) is 3.40. The zero-order valence-corrected chi connectivity index (χ0v) is 19.4. The molecule has 0 saturated heterocycles. The number of methoxy groups -OCH3 is 1. The fraction of sp³-hybridized carbons (Fsp3) is 0.240. The van der Waals surface area contributed by atoms with Gasteiger partial charge in [0.25, 0.3) is 0 Å². The van der Waals surface area contributed by atoms with Crippen LogP contribution in [0.3, 0.4) is 0 Å². The minimum absolute atomic E-state index is 0.0167. The third kappa shape index (κ3) is 5.34. The van der Waals surface area contributed by atoms with Crippen LogP contribution in [-0.2, 0) is 9.47 Å². The van der Waals surface area contributed by atoms with Gasteiger partial charge < -0.3 is 34.7 Å². The Morgan fingerprint density at radius 3 is 2.89 bits per heavy atom. The topological polar surface area (TPSA) is 138 Å². The van der Waals surface area contributed by atoms with E-state index in [-0.39, 0.29) is 42.8 Å². The van der Waals surface area contributed by atoms with E-state index in [1.165, 1.54) is 7.11 Å². The Kier molecular flexibility index (Phi) is 7.44. The summed E-state index contributed by atoms with van der Waals surface area (Å²) < 4.78 is 16.1. The number of anilines is 3. The van der Waals surface area contributed by atoms with Gasteiger partial charge in [-0.05, 0) is 48.9 Å². The zero-order valence-electron chi connectivity index (χ0n) is 19.4. The predicted octanol–water partition coefficient (Wildman–Crippen LogP) is 3.90. The summed E-state index contributed by atoms with van der Waals surface area (Å²) in [6, 6.07) is 9.16. The van der Waals surface area contributed by atoms with Crippen molar-refractivity contribution in [1.29, 1.82) is 0 Å². The summed E-state index contributed by atoms with van der Waals surface area (Å²) in [5.41, 5.74) is 3.68. The molecule has 10 heteroatoms. The predicted molar refractivity (Wildman–Crippen MR) is 133 cm³/mol. The van der Waals surface area contributed by atoms with Gasteiger partial charge in [0, 0.05) is 48.6 Å². The van der Waals surface area contributed by atoms with E-state index in [4.69, 9.17) is 19.0 Å². The van der Waals surface area contributed by atoms with E-state index in [0.29, 0.717) is 23.6 Å². The molecule has 2 aromatic heterocycles. The van der Waals surface area contributed by atoms with Crippen molar-refractivity contribution in [2.45, 2.75) is 6.92 Å². The van der Waals surface area contributed by atoms with E-state index < -0.39 is 5.97 Å². The monoisotopic (exact) mass is 478 g/mol. The molecule has 0 fully saturated rings. The number of benzene rings is 1. The van der Waals surface area contributed by atoms with Crippen LogP contribution in [0.2, 0.25) is 0 Å². The number of carbonyl (C=O) groups is 1. The van der Waals surface area contributed by atoms with E-state index in [0.717, 1.165) is 16.8 Å². The van der Waals surface area contributed by atoms with Gasteiger partial charge in [-0.2, -0.15) is 0 Å². The number of hydrogen-bond acceptors (Lipinski definition) is 10. The van der Waals surface area contributed by atoms with Crippen molar-refractivity contribution in [3.05, 3.63) is 59.0 Å². The lowest BCUT2D eigenvalue weighted by Gasteiger charge is -2.11. The number of aliphatic hydroxyl groups excluding tert-OH is 1. The van der Waals surface area contributed by atoms with Crippen molar-refractivity contribution in [3.8, 4) is 5.75 Å². The molecule has 182 valence electrons. The highest BCUT2D eigenvalue weighted by atomic mass is 16.6. The number of aliphatic imine (C=N–C) groups is 1. The first kappa shape index (κ1) is 24.0. The van der Waals surface area contributed by atoms with Gasteiger partial charge in [0.05, 0.1) is 13.2 Å². The van der Waals surface area contributed by atoms with Gasteiger partial charge in [0.1, 0.15) is 6.61 Å². The second-order valence-electron chi connectivity index (χ2n) is 7.69. The van der Waals surface area contributed by atoms with Crippen LogP contribution in [0.5, 0.6) is 5.75 Å². The van der Waals surface area contributed by atoms with Crippen LogP contribution >= 0.6 is 0 Å². The zero-order chi connectivity index (χ0) is 24.8. The number of carbonyl (C=O) groups excluding carboxylic acids is 1. The molecule has 1 aliphatic rings. The maximum Gasteiger partial charge on any atom is 0.347 e. The summed E-state index contributed by atoms with van der Waals surface area (Å²) in [7, 11) is 1.50. The van der Waals surface area contributed by atoms with Gasteiger partial charge in [-0.25, -0.2) is 14.8 Å². The Hall–Kier alpha value is -4.15. The van der Waals surface area contributed by atoms with Gasteiger partial charge >= 0.3 is 5.97 Å². The molecule has 0 spiro atoms. The smallest absolute Gasteiger partial charge is 0.347 e. The third-order valence-corrected chi connectivity index (χ3v) is 5.26. The Morgan fingerprint density at radius 1 is 1.26 bits per heavy atom. The molecule has 1 aromatic carbocycles. The molecule has 0 saturated carbocycles. The van der Waals surface area contributed by atoms with Crippen LogP contribution in [0, 0.1) is 6.92 Å². The molecule has 0 bridgehead atoms. The van der Waals surface area contributed by atoms with Crippen molar-refractivity contribution in [2.24, 2.45) is 4.99 Å². The SMILES string of the molecule is COCCOC(=O)c1c(Nc2ccc(NCCO)cc2C)oc(C=C2C=Nc3ncccc32)c1O. The van der Waals surface area contributed by atoms with Crippen LogP contribution in [0.4, 0.5) is 23.1 Å². The van der Waals surface area contributed by atoms with Gasteiger partial charge in [0.2, 0.25) is 5.88 Å². The fourth-order valence-corrected chi connectivity index (χ4v) is 3.52. The van der Waals surface area contributed by atoms with Crippen molar-refractivity contribution >= 4 is 46.9 Å². The van der Waals surface area contributed by atoms with Crippen molar-refractivity contribution in [3.63, 3.8) is 0 Å². The molecule has 0 aliphatic carbocycles. The van der Waals surface area contributed by atoms with E-state index in [9.17, 15) is 9.90 Å². The van der Waals surface area contributed by atoms with Crippen LogP contribution in [0.25, 0.3) is 11.6 Å². The minimum Gasteiger partial charge on any atom is -0.504 e. The first-order valence-electron chi connectivity index (χ1n) is 11.0. The Labute approximate surface area is 201 Å².